The second-order valence-electron chi connectivity index (χ2n) is 3.57. The molecule has 1 rings (SSSR count). The van der Waals surface area contributed by atoms with E-state index < -0.39 is 17.2 Å². The highest BCUT2D eigenvalue weighted by atomic mass is 19.2. The minimum Gasteiger partial charge on any atom is -0.382 e. The van der Waals surface area contributed by atoms with Gasteiger partial charge in [0, 0.05) is 7.11 Å². The Morgan fingerprint density at radius 2 is 2.00 bits per heavy atom. The van der Waals surface area contributed by atoms with Crippen LogP contribution in [-0.2, 0) is 10.3 Å². The van der Waals surface area contributed by atoms with Crippen LogP contribution in [0.4, 0.5) is 8.78 Å². The predicted molar refractivity (Wildman–Crippen MR) is 54.4 cm³/mol. The number of rotatable bonds is 4. The van der Waals surface area contributed by atoms with Crippen molar-refractivity contribution in [2.45, 2.75) is 18.9 Å². The number of nitrogens with two attached hydrogens (primary N) is 1. The van der Waals surface area contributed by atoms with Gasteiger partial charge >= 0.3 is 0 Å². The van der Waals surface area contributed by atoms with Crippen molar-refractivity contribution in [1.82, 2.24) is 0 Å². The predicted octanol–water partition coefficient (Wildman–Crippen LogP) is 2.18. The first-order valence-electron chi connectivity index (χ1n) is 4.77. The summed E-state index contributed by atoms with van der Waals surface area (Å²) in [6.07, 6.45) is 0.589. The maximum absolute atomic E-state index is 13.0. The second-order valence-corrected chi connectivity index (χ2v) is 3.57. The summed E-state index contributed by atoms with van der Waals surface area (Å²) in [4.78, 5) is 0. The molecule has 4 heteroatoms. The third-order valence-corrected chi connectivity index (χ3v) is 2.53. The lowest BCUT2D eigenvalue weighted by atomic mass is 9.89. The molecule has 0 aromatic heterocycles. The molecule has 0 radical (unpaired) electrons. The van der Waals surface area contributed by atoms with Crippen LogP contribution in [0.2, 0.25) is 0 Å². The van der Waals surface area contributed by atoms with Gasteiger partial charge in [0.15, 0.2) is 11.6 Å². The molecule has 2 nitrogen and oxygen atoms in total. The topological polar surface area (TPSA) is 35.2 Å². The van der Waals surface area contributed by atoms with Crippen molar-refractivity contribution in [3.63, 3.8) is 0 Å². The first-order chi connectivity index (χ1) is 7.03. The van der Waals surface area contributed by atoms with E-state index in [1.54, 1.807) is 0 Å². The molecule has 0 saturated heterocycles. The standard InChI is InChI=1S/C11H15F2NO/c1-3-11(14,7-15-2)8-4-5-9(12)10(13)6-8/h4-6H,3,7,14H2,1-2H3. The van der Waals surface area contributed by atoms with Gasteiger partial charge in [-0.1, -0.05) is 13.0 Å². The molecule has 0 bridgehead atoms. The number of methoxy groups -OCH3 is 1. The third-order valence-electron chi connectivity index (χ3n) is 2.53. The molecule has 1 aromatic carbocycles. The van der Waals surface area contributed by atoms with Crippen molar-refractivity contribution in [1.29, 1.82) is 0 Å². The largest absolute Gasteiger partial charge is 0.382 e. The normalized spacial score (nSPS) is 15.0. The van der Waals surface area contributed by atoms with Crippen LogP contribution in [0.1, 0.15) is 18.9 Å². The maximum Gasteiger partial charge on any atom is 0.159 e. The maximum atomic E-state index is 13.0. The molecule has 1 aromatic rings. The van der Waals surface area contributed by atoms with Gasteiger partial charge in [-0.25, -0.2) is 8.78 Å². The Kier molecular flexibility index (Phi) is 3.77. The van der Waals surface area contributed by atoms with Crippen molar-refractivity contribution in [3.05, 3.63) is 35.4 Å². The van der Waals surface area contributed by atoms with Gasteiger partial charge in [0.25, 0.3) is 0 Å². The van der Waals surface area contributed by atoms with E-state index in [2.05, 4.69) is 0 Å². The van der Waals surface area contributed by atoms with Crippen LogP contribution in [0.25, 0.3) is 0 Å². The summed E-state index contributed by atoms with van der Waals surface area (Å²) >= 11 is 0. The number of ether oxygens (including phenoxy) is 1. The first kappa shape index (κ1) is 12.1. The number of hydrogen-bond acceptors (Lipinski definition) is 2. The van der Waals surface area contributed by atoms with E-state index in [0.717, 1.165) is 12.1 Å². The van der Waals surface area contributed by atoms with Crippen LogP contribution >= 0.6 is 0 Å². The first-order valence-corrected chi connectivity index (χ1v) is 4.77. The zero-order chi connectivity index (χ0) is 11.5. The summed E-state index contributed by atoms with van der Waals surface area (Å²) in [6.45, 7) is 2.15. The number of benzene rings is 1. The SMILES string of the molecule is CCC(N)(COC)c1ccc(F)c(F)c1. The molecule has 0 fully saturated rings. The monoisotopic (exact) mass is 215 g/mol. The Bertz CT molecular complexity index is 343. The van der Waals surface area contributed by atoms with Crippen molar-refractivity contribution < 1.29 is 13.5 Å². The number of halogens is 2. The molecule has 84 valence electrons. The van der Waals surface area contributed by atoms with Gasteiger partial charge in [0.1, 0.15) is 0 Å². The Morgan fingerprint density at radius 3 is 2.47 bits per heavy atom. The molecule has 1 atom stereocenters. The lowest BCUT2D eigenvalue weighted by Gasteiger charge is -2.27. The van der Waals surface area contributed by atoms with E-state index in [0.29, 0.717) is 12.0 Å². The van der Waals surface area contributed by atoms with E-state index in [4.69, 9.17) is 10.5 Å². The highest BCUT2D eigenvalue weighted by Crippen LogP contribution is 2.23. The summed E-state index contributed by atoms with van der Waals surface area (Å²) in [5.74, 6) is -1.75. The molecule has 0 heterocycles. The molecule has 0 amide bonds. The fourth-order valence-corrected chi connectivity index (χ4v) is 1.45. The van der Waals surface area contributed by atoms with Crippen LogP contribution in [0.3, 0.4) is 0 Å². The fourth-order valence-electron chi connectivity index (χ4n) is 1.45. The van der Waals surface area contributed by atoms with E-state index in [1.165, 1.54) is 13.2 Å². The quantitative estimate of drug-likeness (QED) is 0.835. The summed E-state index contributed by atoms with van der Waals surface area (Å²) in [5, 5.41) is 0. The van der Waals surface area contributed by atoms with E-state index in [1.807, 2.05) is 6.92 Å². The van der Waals surface area contributed by atoms with Crippen molar-refractivity contribution >= 4 is 0 Å². The smallest absolute Gasteiger partial charge is 0.159 e. The second kappa shape index (κ2) is 4.68. The minimum atomic E-state index is -0.883. The Morgan fingerprint density at radius 1 is 1.33 bits per heavy atom. The number of hydrogen-bond donors (Lipinski definition) is 1. The van der Waals surface area contributed by atoms with E-state index in [9.17, 15) is 8.78 Å². The van der Waals surface area contributed by atoms with Gasteiger partial charge < -0.3 is 10.5 Å². The van der Waals surface area contributed by atoms with Gasteiger partial charge in [-0.2, -0.15) is 0 Å². The molecule has 0 saturated carbocycles. The van der Waals surface area contributed by atoms with Crippen LogP contribution in [0, 0.1) is 11.6 Å². The molecule has 0 aliphatic rings. The van der Waals surface area contributed by atoms with Gasteiger partial charge in [-0.3, -0.25) is 0 Å². The van der Waals surface area contributed by atoms with Crippen molar-refractivity contribution in [2.75, 3.05) is 13.7 Å². The fraction of sp³-hybridized carbons (Fsp3) is 0.455. The minimum absolute atomic E-state index is 0.272. The summed E-state index contributed by atoms with van der Waals surface area (Å²) in [5.41, 5.74) is 5.82. The van der Waals surface area contributed by atoms with Crippen molar-refractivity contribution in [3.8, 4) is 0 Å². The van der Waals surface area contributed by atoms with Gasteiger partial charge in [0.05, 0.1) is 12.1 Å². The molecule has 2 N–H and O–H groups in total. The summed E-state index contributed by atoms with van der Waals surface area (Å²) in [6, 6.07) is 3.69. The highest BCUT2D eigenvalue weighted by molar-refractivity contribution is 5.25. The van der Waals surface area contributed by atoms with Crippen LogP contribution < -0.4 is 5.73 Å². The summed E-state index contributed by atoms with van der Waals surface area (Å²) in [7, 11) is 1.52. The molecular formula is C11H15F2NO. The van der Waals surface area contributed by atoms with Gasteiger partial charge in [-0.05, 0) is 24.1 Å². The van der Waals surface area contributed by atoms with Gasteiger partial charge in [0.2, 0.25) is 0 Å². The average molecular weight is 215 g/mol. The van der Waals surface area contributed by atoms with Crippen LogP contribution in [0.15, 0.2) is 18.2 Å². The Labute approximate surface area is 88.0 Å². The lowest BCUT2D eigenvalue weighted by Crippen LogP contribution is -2.40. The van der Waals surface area contributed by atoms with E-state index in [-0.39, 0.29) is 6.61 Å². The molecule has 0 aliphatic heterocycles. The van der Waals surface area contributed by atoms with Crippen molar-refractivity contribution in [2.24, 2.45) is 5.73 Å². The summed E-state index contributed by atoms with van der Waals surface area (Å²) < 4.78 is 30.7. The molecule has 1 unspecified atom stereocenters. The van der Waals surface area contributed by atoms with Gasteiger partial charge in [-0.15, -0.1) is 0 Å². The Hall–Kier alpha value is -1.00. The highest BCUT2D eigenvalue weighted by Gasteiger charge is 2.26. The van der Waals surface area contributed by atoms with E-state index >= 15 is 0 Å². The molecular weight excluding hydrogens is 200 g/mol. The van der Waals surface area contributed by atoms with Crippen LogP contribution in [-0.4, -0.2) is 13.7 Å². The molecule has 0 aliphatic carbocycles. The Balaban J connectivity index is 3.07. The molecule has 15 heavy (non-hydrogen) atoms. The molecule has 0 spiro atoms. The lowest BCUT2D eigenvalue weighted by molar-refractivity contribution is 0.129. The van der Waals surface area contributed by atoms with Crippen LogP contribution in [0.5, 0.6) is 0 Å². The average Bonchev–Trinajstić information content (AvgIpc) is 2.22. The zero-order valence-corrected chi connectivity index (χ0v) is 8.89. The third kappa shape index (κ3) is 2.52. The zero-order valence-electron chi connectivity index (χ0n) is 8.89.